The molecule has 1 aliphatic rings. The Morgan fingerprint density at radius 2 is 2.29 bits per heavy atom. The van der Waals surface area contributed by atoms with Crippen molar-refractivity contribution in [3.05, 3.63) is 0 Å². The summed E-state index contributed by atoms with van der Waals surface area (Å²) in [6, 6.07) is 0. The zero-order chi connectivity index (χ0) is 5.28. The van der Waals surface area contributed by atoms with E-state index in [9.17, 15) is 4.57 Å². The number of rotatable bonds is 1. The summed E-state index contributed by atoms with van der Waals surface area (Å²) in [6.45, 7) is 2.17. The van der Waals surface area contributed by atoms with Crippen LogP contribution >= 0.6 is 8.46 Å². The Labute approximate surface area is 45.3 Å². The molecule has 0 aromatic heterocycles. The Hall–Kier alpha value is 0.100. The van der Waals surface area contributed by atoms with Crippen molar-refractivity contribution < 1.29 is 4.57 Å². The Bertz CT molecular complexity index is 82.1. The minimum absolute atomic E-state index is 0.0513. The second-order valence-electron chi connectivity index (χ2n) is 2.28. The molecule has 0 heterocycles. The van der Waals surface area contributed by atoms with Crippen molar-refractivity contribution >= 4 is 8.46 Å². The van der Waals surface area contributed by atoms with Gasteiger partial charge in [-0.3, -0.25) is 4.57 Å². The van der Waals surface area contributed by atoms with Gasteiger partial charge < -0.3 is 0 Å². The predicted octanol–water partition coefficient (Wildman–Crippen LogP) is 1.81. The fourth-order valence-corrected chi connectivity index (χ4v) is 1.53. The third kappa shape index (κ3) is 0.832. The first kappa shape index (κ1) is 5.24. The molecule has 0 aliphatic heterocycles. The third-order valence-electron chi connectivity index (χ3n) is 1.77. The Balaban J connectivity index is 2.28. The van der Waals surface area contributed by atoms with Crippen LogP contribution in [0.4, 0.5) is 0 Å². The highest BCUT2D eigenvalue weighted by molar-refractivity contribution is 7.24. The highest BCUT2D eigenvalue weighted by Crippen LogP contribution is 2.35. The highest BCUT2D eigenvalue weighted by atomic mass is 31.1. The molecule has 7 heavy (non-hydrogen) atoms. The molecule has 3 atom stereocenters. The second-order valence-corrected chi connectivity index (χ2v) is 3.26. The maximum Gasteiger partial charge on any atom is 0.0615 e. The topological polar surface area (TPSA) is 17.1 Å². The van der Waals surface area contributed by atoms with E-state index in [2.05, 4.69) is 6.92 Å². The first-order valence-corrected chi connectivity index (χ1v) is 3.71. The molecule has 0 aromatic carbocycles. The molecule has 2 heteroatoms. The normalized spacial score (nSPS) is 40.7. The SMILES string of the molecule is CC1CCC1[PH]=O. The van der Waals surface area contributed by atoms with Crippen LogP contribution in [0.1, 0.15) is 19.8 Å². The summed E-state index contributed by atoms with van der Waals surface area (Å²) >= 11 is 0. The zero-order valence-corrected chi connectivity index (χ0v) is 5.48. The molecule has 0 amide bonds. The lowest BCUT2D eigenvalue weighted by Gasteiger charge is -2.28. The lowest BCUT2D eigenvalue weighted by Crippen LogP contribution is -2.22. The summed E-state index contributed by atoms with van der Waals surface area (Å²) in [5.41, 5.74) is 0.556. The number of hydrogen-bond acceptors (Lipinski definition) is 1. The summed E-state index contributed by atoms with van der Waals surface area (Å²) in [5, 5.41) is 0. The fourth-order valence-electron chi connectivity index (χ4n) is 0.842. The Morgan fingerprint density at radius 1 is 1.57 bits per heavy atom. The lowest BCUT2D eigenvalue weighted by molar-refractivity contribution is 0.353. The average Bonchev–Trinajstić information content (AvgIpc) is 1.65. The van der Waals surface area contributed by atoms with E-state index >= 15 is 0 Å². The van der Waals surface area contributed by atoms with Crippen molar-refractivity contribution in [2.24, 2.45) is 5.92 Å². The summed E-state index contributed by atoms with van der Waals surface area (Å²) in [6.07, 6.45) is 2.49. The van der Waals surface area contributed by atoms with Crippen LogP contribution in [-0.2, 0) is 4.57 Å². The molecule has 1 radical (unpaired) electrons. The van der Waals surface area contributed by atoms with Crippen LogP contribution in [0.15, 0.2) is 0 Å². The van der Waals surface area contributed by atoms with E-state index in [-0.39, 0.29) is 8.46 Å². The molecular formula is C5H10OP. The Kier molecular flexibility index (Phi) is 1.43. The fraction of sp³-hybridized carbons (Fsp3) is 1.00. The minimum atomic E-state index is -0.0513. The molecular weight excluding hydrogens is 107 g/mol. The van der Waals surface area contributed by atoms with Crippen LogP contribution in [0.25, 0.3) is 0 Å². The van der Waals surface area contributed by atoms with Crippen LogP contribution in [-0.4, -0.2) is 5.66 Å². The van der Waals surface area contributed by atoms with E-state index in [1.165, 1.54) is 12.8 Å². The molecule has 1 rings (SSSR count). The largest absolute Gasteiger partial charge is 0.290 e. The van der Waals surface area contributed by atoms with Gasteiger partial charge in [0.25, 0.3) is 0 Å². The smallest absolute Gasteiger partial charge is 0.0615 e. The maximum absolute atomic E-state index is 10.2. The van der Waals surface area contributed by atoms with E-state index in [1.807, 2.05) is 0 Å². The van der Waals surface area contributed by atoms with Gasteiger partial charge in [-0.1, -0.05) is 6.92 Å². The van der Waals surface area contributed by atoms with E-state index in [1.54, 1.807) is 0 Å². The van der Waals surface area contributed by atoms with Crippen molar-refractivity contribution in [3.63, 3.8) is 0 Å². The molecule has 0 aromatic rings. The maximum atomic E-state index is 10.2. The van der Waals surface area contributed by atoms with Crippen molar-refractivity contribution in [3.8, 4) is 0 Å². The monoisotopic (exact) mass is 117 g/mol. The van der Waals surface area contributed by atoms with E-state index in [4.69, 9.17) is 0 Å². The zero-order valence-electron chi connectivity index (χ0n) is 4.48. The van der Waals surface area contributed by atoms with Gasteiger partial charge in [-0.2, -0.15) is 0 Å². The van der Waals surface area contributed by atoms with E-state index in [0.717, 1.165) is 5.92 Å². The molecule has 41 valence electrons. The molecule has 0 N–H and O–H groups in total. The lowest BCUT2D eigenvalue weighted by atomic mass is 9.87. The summed E-state index contributed by atoms with van der Waals surface area (Å²) in [7, 11) is -0.0513. The van der Waals surface area contributed by atoms with Gasteiger partial charge in [-0.15, -0.1) is 0 Å². The standard InChI is InChI=1S/C5H10OP/c1-4-2-3-5(4)7-6/h4-5,7H,2-3H2,1H3. The average molecular weight is 117 g/mol. The molecule has 1 fully saturated rings. The van der Waals surface area contributed by atoms with Crippen molar-refractivity contribution in [1.82, 2.24) is 0 Å². The quantitative estimate of drug-likeness (QED) is 0.478. The van der Waals surface area contributed by atoms with Gasteiger partial charge in [-0.05, 0) is 18.8 Å². The predicted molar refractivity (Wildman–Crippen MR) is 31.2 cm³/mol. The van der Waals surface area contributed by atoms with Gasteiger partial charge >= 0.3 is 0 Å². The van der Waals surface area contributed by atoms with Gasteiger partial charge in [0, 0.05) is 5.66 Å². The summed E-state index contributed by atoms with van der Waals surface area (Å²) in [4.78, 5) is 0. The third-order valence-corrected chi connectivity index (χ3v) is 2.93. The van der Waals surface area contributed by atoms with Crippen molar-refractivity contribution in [1.29, 1.82) is 0 Å². The molecule has 0 spiro atoms. The molecule has 0 saturated heterocycles. The van der Waals surface area contributed by atoms with Crippen LogP contribution in [0, 0.1) is 5.92 Å². The summed E-state index contributed by atoms with van der Waals surface area (Å²) < 4.78 is 10.2. The van der Waals surface area contributed by atoms with Crippen molar-refractivity contribution in [2.45, 2.75) is 25.4 Å². The van der Waals surface area contributed by atoms with Gasteiger partial charge in [0.15, 0.2) is 0 Å². The molecule has 1 aliphatic carbocycles. The first-order valence-electron chi connectivity index (χ1n) is 2.72. The van der Waals surface area contributed by atoms with E-state index < -0.39 is 0 Å². The summed E-state index contributed by atoms with van der Waals surface area (Å²) in [5.74, 6) is 0.746. The van der Waals surface area contributed by atoms with Gasteiger partial charge in [0.1, 0.15) is 0 Å². The van der Waals surface area contributed by atoms with Crippen LogP contribution in [0.3, 0.4) is 0 Å². The first-order chi connectivity index (χ1) is 3.34. The van der Waals surface area contributed by atoms with E-state index in [0.29, 0.717) is 5.66 Å². The van der Waals surface area contributed by atoms with Gasteiger partial charge in [-0.25, -0.2) is 0 Å². The van der Waals surface area contributed by atoms with Gasteiger partial charge in [0.2, 0.25) is 0 Å². The highest BCUT2D eigenvalue weighted by Gasteiger charge is 2.25. The minimum Gasteiger partial charge on any atom is -0.290 e. The molecule has 0 bridgehead atoms. The van der Waals surface area contributed by atoms with Crippen LogP contribution < -0.4 is 0 Å². The van der Waals surface area contributed by atoms with Crippen LogP contribution in [0.2, 0.25) is 0 Å². The van der Waals surface area contributed by atoms with Crippen LogP contribution in [0.5, 0.6) is 0 Å². The second kappa shape index (κ2) is 1.92. The van der Waals surface area contributed by atoms with Gasteiger partial charge in [0.05, 0.1) is 8.46 Å². The Morgan fingerprint density at radius 3 is 2.29 bits per heavy atom. The molecule has 1 nitrogen and oxygen atoms in total. The number of hydrogen-bond donors (Lipinski definition) is 0. The molecule has 3 unspecified atom stereocenters. The van der Waals surface area contributed by atoms with Crippen molar-refractivity contribution in [2.75, 3.05) is 0 Å². The molecule has 1 saturated carbocycles.